The van der Waals surface area contributed by atoms with Crippen molar-refractivity contribution >= 4 is 40.4 Å². The van der Waals surface area contributed by atoms with Crippen LogP contribution in [-0.4, -0.2) is 54.0 Å². The predicted octanol–water partition coefficient (Wildman–Crippen LogP) is 0.307. The third-order valence-electron chi connectivity index (χ3n) is 6.15. The Morgan fingerprint density at radius 1 is 1.21 bits per heavy atom. The Balaban J connectivity index is 1.64. The average molecular weight is 443 g/mol. The summed E-state index contributed by atoms with van der Waals surface area (Å²) in [6, 6.07) is 7.11. The number of benzene rings is 1. The number of aromatic nitrogens is 6. The summed E-state index contributed by atoms with van der Waals surface area (Å²) in [6.45, 7) is 1.48. The molecule has 2 aliphatic heterocycles. The summed E-state index contributed by atoms with van der Waals surface area (Å²) < 4.78 is 1.48. The van der Waals surface area contributed by atoms with E-state index in [1.807, 2.05) is 0 Å². The Labute approximate surface area is 185 Å². The first-order chi connectivity index (χ1) is 15.9. The molecule has 164 valence electrons. The van der Waals surface area contributed by atoms with Crippen molar-refractivity contribution in [2.45, 2.75) is 18.8 Å². The molecule has 0 aliphatic carbocycles. The fourth-order valence-electron chi connectivity index (χ4n) is 4.98. The molecule has 4 aromatic rings. The number of aromatic amines is 1. The molecule has 5 heterocycles. The molecule has 3 aromatic heterocycles. The zero-order valence-corrected chi connectivity index (χ0v) is 17.4. The summed E-state index contributed by atoms with van der Waals surface area (Å²) in [4.78, 5) is 55.6. The van der Waals surface area contributed by atoms with Crippen molar-refractivity contribution in [3.63, 3.8) is 0 Å². The van der Waals surface area contributed by atoms with Gasteiger partial charge in [0.2, 0.25) is 17.7 Å². The van der Waals surface area contributed by atoms with Crippen molar-refractivity contribution in [1.82, 2.24) is 29.7 Å². The first-order valence-corrected chi connectivity index (χ1v) is 10.2. The third-order valence-corrected chi connectivity index (χ3v) is 6.15. The number of carbonyl (C=O) groups is 3. The Kier molecular flexibility index (Phi) is 3.73. The van der Waals surface area contributed by atoms with E-state index in [4.69, 9.17) is 5.73 Å². The normalized spacial score (nSPS) is 19.1. The summed E-state index contributed by atoms with van der Waals surface area (Å²) >= 11 is 0. The molecule has 0 fully saturated rings. The summed E-state index contributed by atoms with van der Waals surface area (Å²) in [5.41, 5.74) is 7.33. The second-order valence-electron chi connectivity index (χ2n) is 8.02. The molecule has 0 saturated carbocycles. The largest absolute Gasteiger partial charge is 0.368 e. The lowest BCUT2D eigenvalue weighted by Crippen LogP contribution is -2.48. The quantitative estimate of drug-likeness (QED) is 0.410. The number of anilines is 2. The number of aryl methyl sites for hydroxylation is 1. The first-order valence-electron chi connectivity index (χ1n) is 10.2. The Hall–Kier alpha value is -4.61. The van der Waals surface area contributed by atoms with E-state index in [0.717, 1.165) is 0 Å². The maximum Gasteiger partial charge on any atom is 0.243 e. The number of primary amides is 1. The van der Waals surface area contributed by atoms with Gasteiger partial charge < -0.3 is 20.9 Å². The van der Waals surface area contributed by atoms with E-state index in [2.05, 4.69) is 30.4 Å². The van der Waals surface area contributed by atoms with E-state index >= 15 is 0 Å². The van der Waals surface area contributed by atoms with Crippen molar-refractivity contribution in [2.75, 3.05) is 16.8 Å². The van der Waals surface area contributed by atoms with Crippen LogP contribution in [0.15, 0.2) is 36.9 Å². The second kappa shape index (κ2) is 6.45. The highest BCUT2D eigenvalue weighted by molar-refractivity contribution is 6.17. The van der Waals surface area contributed by atoms with Crippen LogP contribution >= 0.6 is 0 Å². The van der Waals surface area contributed by atoms with E-state index in [1.165, 1.54) is 22.2 Å². The van der Waals surface area contributed by atoms with E-state index in [0.29, 0.717) is 45.3 Å². The van der Waals surface area contributed by atoms with Crippen molar-refractivity contribution in [3.05, 3.63) is 53.7 Å². The maximum absolute atomic E-state index is 13.9. The molecule has 1 aromatic carbocycles. The smallest absolute Gasteiger partial charge is 0.243 e. The Morgan fingerprint density at radius 3 is 2.85 bits per heavy atom. The van der Waals surface area contributed by atoms with Gasteiger partial charge >= 0.3 is 0 Å². The van der Waals surface area contributed by atoms with Crippen LogP contribution in [0.1, 0.15) is 23.2 Å². The van der Waals surface area contributed by atoms with E-state index in [-0.39, 0.29) is 18.9 Å². The molecule has 12 nitrogen and oxygen atoms in total. The van der Waals surface area contributed by atoms with E-state index in [1.54, 1.807) is 31.2 Å². The van der Waals surface area contributed by atoms with Crippen LogP contribution in [-0.2, 0) is 19.8 Å². The van der Waals surface area contributed by atoms with Crippen molar-refractivity contribution in [1.29, 1.82) is 0 Å². The molecule has 1 atom stereocenters. The second-order valence-corrected chi connectivity index (χ2v) is 8.02. The molecule has 4 N–H and O–H groups in total. The predicted molar refractivity (Wildman–Crippen MR) is 116 cm³/mol. The van der Waals surface area contributed by atoms with Crippen molar-refractivity contribution in [2.24, 2.45) is 5.73 Å². The number of hydrogen-bond donors (Lipinski definition) is 3. The highest BCUT2D eigenvalue weighted by Gasteiger charge is 2.58. The van der Waals surface area contributed by atoms with Gasteiger partial charge in [0, 0.05) is 17.7 Å². The number of fused-ring (bicyclic) bond motifs is 5. The van der Waals surface area contributed by atoms with Crippen LogP contribution in [0.4, 0.5) is 11.5 Å². The number of para-hydroxylation sites is 1. The molecule has 0 unspecified atom stereocenters. The molecular weight excluding hydrogens is 426 g/mol. The lowest BCUT2D eigenvalue weighted by Gasteiger charge is -2.33. The van der Waals surface area contributed by atoms with Crippen LogP contribution in [0.3, 0.4) is 0 Å². The maximum atomic E-state index is 13.9. The number of carbonyl (C=O) groups excluding carboxylic acids is 3. The number of H-pyrrole nitrogens is 1. The lowest BCUT2D eigenvalue weighted by molar-refractivity contribution is -0.127. The van der Waals surface area contributed by atoms with Crippen LogP contribution < -0.4 is 16.0 Å². The van der Waals surface area contributed by atoms with Gasteiger partial charge in [0.1, 0.15) is 29.6 Å². The molecule has 33 heavy (non-hydrogen) atoms. The van der Waals surface area contributed by atoms with Gasteiger partial charge in [-0.15, -0.1) is 0 Å². The number of nitrogens with one attached hydrogen (secondary N) is 2. The van der Waals surface area contributed by atoms with Gasteiger partial charge in [0.05, 0.1) is 12.0 Å². The molecule has 0 radical (unpaired) electrons. The highest BCUT2D eigenvalue weighted by atomic mass is 16.2. The van der Waals surface area contributed by atoms with Gasteiger partial charge in [0.25, 0.3) is 0 Å². The van der Waals surface area contributed by atoms with Gasteiger partial charge in [-0.1, -0.05) is 18.2 Å². The van der Waals surface area contributed by atoms with Gasteiger partial charge in [-0.3, -0.25) is 14.4 Å². The van der Waals surface area contributed by atoms with Crippen molar-refractivity contribution in [3.8, 4) is 5.82 Å². The molecule has 0 saturated heterocycles. The van der Waals surface area contributed by atoms with Crippen LogP contribution in [0, 0.1) is 6.92 Å². The van der Waals surface area contributed by atoms with E-state index < -0.39 is 17.2 Å². The van der Waals surface area contributed by atoms with Gasteiger partial charge in [-0.2, -0.15) is 9.78 Å². The minimum Gasteiger partial charge on any atom is -0.368 e. The van der Waals surface area contributed by atoms with Crippen molar-refractivity contribution < 1.29 is 14.4 Å². The average Bonchev–Trinajstić information content (AvgIpc) is 3.45. The number of nitrogens with zero attached hydrogens (tertiary/aromatic N) is 6. The number of hydrogen-bond acceptors (Lipinski definition) is 7. The Bertz CT molecular complexity index is 1500. The zero-order chi connectivity index (χ0) is 22.9. The Morgan fingerprint density at radius 2 is 2.03 bits per heavy atom. The molecule has 6 rings (SSSR count). The highest BCUT2D eigenvalue weighted by Crippen LogP contribution is 2.53. The van der Waals surface area contributed by atoms with Gasteiger partial charge in [-0.25, -0.2) is 15.0 Å². The van der Waals surface area contributed by atoms with Crippen LogP contribution in [0.2, 0.25) is 0 Å². The monoisotopic (exact) mass is 443 g/mol. The van der Waals surface area contributed by atoms with Gasteiger partial charge in [-0.05, 0) is 18.6 Å². The lowest BCUT2D eigenvalue weighted by atomic mass is 9.70. The SMILES string of the molecule is Cc1nn(-c2ncnc3nc[nH]c23)c2c1[C@]1(CC(=O)N2)C(=O)N(CC(N)=O)c2ccccc21. The molecule has 3 amide bonds. The summed E-state index contributed by atoms with van der Waals surface area (Å²) in [6.07, 6.45) is 2.72. The summed E-state index contributed by atoms with van der Waals surface area (Å²) in [5, 5.41) is 7.51. The molecule has 2 aliphatic rings. The fraction of sp³-hybridized carbons (Fsp3) is 0.190. The standard InChI is InChI=1S/C21H17N9O3/c1-10-15-18(30(28-10)19-16-17(24-8-23-16)25-9-26-19)27-14(32)6-21(15)11-4-2-3-5-12(11)29(20(21)33)7-13(22)31/h2-5,8-9H,6-7H2,1H3,(H2,22,31)(H,27,32)(H,23,24,25,26)/t21-/m1/s1. The first kappa shape index (κ1) is 19.1. The third kappa shape index (κ3) is 2.42. The number of nitrogens with two attached hydrogens (primary N) is 1. The molecular formula is C21H17N9O3. The molecule has 1 spiro atoms. The number of rotatable bonds is 3. The summed E-state index contributed by atoms with van der Waals surface area (Å²) in [5.74, 6) is -0.682. The van der Waals surface area contributed by atoms with Crippen LogP contribution in [0.25, 0.3) is 17.0 Å². The topological polar surface area (TPSA) is 165 Å². The zero-order valence-electron chi connectivity index (χ0n) is 17.4. The fourth-order valence-corrected chi connectivity index (χ4v) is 4.98. The number of imidazole rings is 1. The van der Waals surface area contributed by atoms with Gasteiger partial charge in [0.15, 0.2) is 11.5 Å². The minimum absolute atomic E-state index is 0.124. The molecule has 12 heteroatoms. The molecule has 0 bridgehead atoms. The number of amides is 3. The van der Waals surface area contributed by atoms with Crippen LogP contribution in [0.5, 0.6) is 0 Å². The summed E-state index contributed by atoms with van der Waals surface area (Å²) in [7, 11) is 0. The minimum atomic E-state index is -1.34. The van der Waals surface area contributed by atoms with E-state index in [9.17, 15) is 14.4 Å².